The van der Waals surface area contributed by atoms with Crippen molar-refractivity contribution >= 4 is 46.2 Å². The first-order chi connectivity index (χ1) is 20.4. The third kappa shape index (κ3) is 5.58. The SMILES string of the molecule is CCOC(=O)C(c1ncn2c1C[C@@H](F)C2)n1cc2c(Cl)cc(-c3ccc(C4CN(C(=O)OC(C)(C)C)C4)cc3)c(Cl)c2n1. The van der Waals surface area contributed by atoms with Crippen LogP contribution in [-0.4, -0.2) is 67.8 Å². The summed E-state index contributed by atoms with van der Waals surface area (Å²) in [5, 5.41) is 6.05. The molecule has 226 valence electrons. The zero-order valence-corrected chi connectivity index (χ0v) is 25.8. The monoisotopic (exact) mass is 627 g/mol. The molecule has 0 spiro atoms. The lowest BCUT2D eigenvalue weighted by Gasteiger charge is -2.40. The molecule has 43 heavy (non-hydrogen) atoms. The van der Waals surface area contributed by atoms with E-state index in [0.717, 1.165) is 11.1 Å². The van der Waals surface area contributed by atoms with Gasteiger partial charge in [0.1, 0.15) is 17.3 Å². The number of likely N-dealkylation sites (tertiary alicyclic amines) is 1. The fourth-order valence-corrected chi connectivity index (χ4v) is 6.20. The number of carbonyl (C=O) groups is 2. The number of amides is 1. The second-order valence-electron chi connectivity index (χ2n) is 12.0. The molecule has 1 amide bonds. The molecule has 2 aromatic carbocycles. The van der Waals surface area contributed by atoms with Crippen molar-refractivity contribution in [1.29, 1.82) is 0 Å². The first kappa shape index (κ1) is 29.4. The Morgan fingerprint density at radius 3 is 2.53 bits per heavy atom. The number of rotatable bonds is 6. The molecule has 0 saturated carbocycles. The summed E-state index contributed by atoms with van der Waals surface area (Å²) in [6, 6.07) is 8.74. The first-order valence-electron chi connectivity index (χ1n) is 14.2. The molecule has 0 N–H and O–H groups in total. The third-order valence-electron chi connectivity index (χ3n) is 7.75. The molecule has 2 aromatic heterocycles. The van der Waals surface area contributed by atoms with E-state index in [0.29, 0.717) is 51.0 Å². The highest BCUT2D eigenvalue weighted by Gasteiger charge is 2.36. The number of imidazole rings is 1. The Bertz CT molecular complexity index is 1710. The molecule has 0 bridgehead atoms. The van der Waals surface area contributed by atoms with Crippen LogP contribution in [0.25, 0.3) is 22.0 Å². The smallest absolute Gasteiger partial charge is 0.410 e. The molecular weight excluding hydrogens is 596 g/mol. The molecule has 0 aliphatic carbocycles. The maximum atomic E-state index is 14.2. The van der Waals surface area contributed by atoms with Gasteiger partial charge in [-0.1, -0.05) is 47.5 Å². The number of aromatic nitrogens is 4. The number of halogens is 3. The second kappa shape index (κ2) is 11.1. The Balaban J connectivity index is 1.28. The highest BCUT2D eigenvalue weighted by atomic mass is 35.5. The van der Waals surface area contributed by atoms with Gasteiger partial charge in [0.2, 0.25) is 0 Å². The standard InChI is InChI=1S/C31H32Cl2FN5O4/c1-5-42-29(40)28(27-24-10-20(34)14-38(24)16-35-27)39-15-22-23(32)11-21(25(33)26(22)36-39)18-8-6-17(7-9-18)19-12-37(13-19)30(41)43-31(2,3)4/h6-9,11,15-16,19-20,28H,5,10,12-14H2,1-4H3/t20-,28?/m1/s1. The summed E-state index contributed by atoms with van der Waals surface area (Å²) >= 11 is 13.7. The molecule has 1 saturated heterocycles. The molecule has 1 unspecified atom stereocenters. The highest BCUT2D eigenvalue weighted by molar-refractivity contribution is 6.42. The molecule has 4 aromatic rings. The van der Waals surface area contributed by atoms with Crippen LogP contribution in [0.4, 0.5) is 9.18 Å². The molecule has 9 nitrogen and oxygen atoms in total. The fraction of sp³-hybridized carbons (Fsp3) is 0.419. The number of hydrogen-bond acceptors (Lipinski definition) is 6. The molecule has 2 aliphatic heterocycles. The van der Waals surface area contributed by atoms with Crippen molar-refractivity contribution in [2.24, 2.45) is 0 Å². The van der Waals surface area contributed by atoms with Crippen LogP contribution in [0.15, 0.2) is 42.9 Å². The van der Waals surface area contributed by atoms with E-state index in [2.05, 4.69) is 10.1 Å². The molecule has 6 rings (SSSR count). The Hall–Kier alpha value is -3.63. The van der Waals surface area contributed by atoms with Crippen LogP contribution in [0.3, 0.4) is 0 Å². The van der Waals surface area contributed by atoms with Crippen molar-refractivity contribution in [2.45, 2.75) is 64.4 Å². The van der Waals surface area contributed by atoms with Crippen LogP contribution in [0.2, 0.25) is 10.0 Å². The van der Waals surface area contributed by atoms with Crippen molar-refractivity contribution in [3.8, 4) is 11.1 Å². The summed E-state index contributed by atoms with van der Waals surface area (Å²) in [6.45, 7) is 8.83. The minimum atomic E-state index is -1.04. The predicted octanol–water partition coefficient (Wildman–Crippen LogP) is 6.59. The number of fused-ring (bicyclic) bond motifs is 2. The van der Waals surface area contributed by atoms with Crippen molar-refractivity contribution in [2.75, 3.05) is 19.7 Å². The summed E-state index contributed by atoms with van der Waals surface area (Å²) in [5.41, 5.74) is 3.58. The van der Waals surface area contributed by atoms with Crippen molar-refractivity contribution in [3.63, 3.8) is 0 Å². The minimum absolute atomic E-state index is 0.160. The first-order valence-corrected chi connectivity index (χ1v) is 15.0. The Morgan fingerprint density at radius 2 is 1.86 bits per heavy atom. The van der Waals surface area contributed by atoms with Gasteiger partial charge in [0.25, 0.3) is 0 Å². The maximum absolute atomic E-state index is 14.2. The summed E-state index contributed by atoms with van der Waals surface area (Å²) in [7, 11) is 0. The lowest BCUT2D eigenvalue weighted by molar-refractivity contribution is -0.146. The van der Waals surface area contributed by atoms with E-state index in [1.54, 1.807) is 35.0 Å². The summed E-state index contributed by atoms with van der Waals surface area (Å²) in [4.78, 5) is 31.6. The van der Waals surface area contributed by atoms with Gasteiger partial charge in [-0.3, -0.25) is 4.68 Å². The average molecular weight is 629 g/mol. The number of esters is 1. The van der Waals surface area contributed by atoms with E-state index in [9.17, 15) is 14.0 Å². The fourth-order valence-electron chi connectivity index (χ4n) is 5.65. The van der Waals surface area contributed by atoms with Gasteiger partial charge in [-0.15, -0.1) is 0 Å². The van der Waals surface area contributed by atoms with Crippen molar-refractivity contribution in [1.82, 2.24) is 24.2 Å². The quantitative estimate of drug-likeness (QED) is 0.224. The van der Waals surface area contributed by atoms with Crippen molar-refractivity contribution < 1.29 is 23.5 Å². The van der Waals surface area contributed by atoms with Crippen LogP contribution in [0.5, 0.6) is 0 Å². The van der Waals surface area contributed by atoms with Gasteiger partial charge in [-0.2, -0.15) is 5.10 Å². The summed E-state index contributed by atoms with van der Waals surface area (Å²) in [6.07, 6.45) is 2.01. The van der Waals surface area contributed by atoms with Crippen LogP contribution in [0.1, 0.15) is 56.6 Å². The zero-order valence-electron chi connectivity index (χ0n) is 24.3. The number of carbonyl (C=O) groups excluding carboxylic acids is 2. The van der Waals surface area contributed by atoms with Crippen LogP contribution in [-0.2, 0) is 27.2 Å². The van der Waals surface area contributed by atoms with Gasteiger partial charge in [0.15, 0.2) is 6.04 Å². The van der Waals surface area contributed by atoms with Crippen LogP contribution >= 0.6 is 23.2 Å². The number of nitrogens with zero attached hydrogens (tertiary/aromatic N) is 5. The van der Waals surface area contributed by atoms with Gasteiger partial charge < -0.3 is 18.9 Å². The molecule has 12 heteroatoms. The molecule has 0 radical (unpaired) electrons. The van der Waals surface area contributed by atoms with E-state index < -0.39 is 23.8 Å². The largest absolute Gasteiger partial charge is 0.464 e. The Kier molecular flexibility index (Phi) is 7.62. The zero-order chi connectivity index (χ0) is 30.6. The molecule has 1 fully saturated rings. The van der Waals surface area contributed by atoms with Crippen molar-refractivity contribution in [3.05, 3.63) is 69.9 Å². The molecule has 2 atom stereocenters. The van der Waals surface area contributed by atoms with Gasteiger partial charge >= 0.3 is 12.1 Å². The molecular formula is C31H32Cl2FN5O4. The lowest BCUT2D eigenvalue weighted by atomic mass is 9.90. The van der Waals surface area contributed by atoms with Gasteiger partial charge in [0.05, 0.1) is 35.2 Å². The maximum Gasteiger partial charge on any atom is 0.410 e. The van der Waals surface area contributed by atoms with Crippen LogP contribution < -0.4 is 0 Å². The minimum Gasteiger partial charge on any atom is -0.464 e. The van der Waals surface area contributed by atoms with E-state index in [-0.39, 0.29) is 31.6 Å². The van der Waals surface area contributed by atoms with E-state index in [1.165, 1.54) is 4.68 Å². The van der Waals surface area contributed by atoms with Gasteiger partial charge in [-0.25, -0.2) is 19.0 Å². The predicted molar refractivity (Wildman–Crippen MR) is 161 cm³/mol. The van der Waals surface area contributed by atoms with E-state index in [4.69, 9.17) is 32.7 Å². The van der Waals surface area contributed by atoms with Gasteiger partial charge in [-0.05, 0) is 44.9 Å². The number of alkyl halides is 1. The van der Waals surface area contributed by atoms with E-state index >= 15 is 0 Å². The van der Waals surface area contributed by atoms with E-state index in [1.807, 2.05) is 45.0 Å². The highest BCUT2D eigenvalue weighted by Crippen LogP contribution is 2.40. The summed E-state index contributed by atoms with van der Waals surface area (Å²) in [5.74, 6) is -0.334. The molecule has 4 heterocycles. The topological polar surface area (TPSA) is 91.5 Å². The third-order valence-corrected chi connectivity index (χ3v) is 8.45. The molecule has 2 aliphatic rings. The Labute approximate surface area is 258 Å². The summed E-state index contributed by atoms with van der Waals surface area (Å²) < 4.78 is 28.2. The average Bonchev–Trinajstić information content (AvgIpc) is 3.61. The lowest BCUT2D eigenvalue weighted by Crippen LogP contribution is -2.50. The van der Waals surface area contributed by atoms with Gasteiger partial charge in [0, 0.05) is 48.3 Å². The normalized spacial score (nSPS) is 17.6. The number of hydrogen-bond donors (Lipinski definition) is 0. The van der Waals surface area contributed by atoms with Crippen LogP contribution in [0, 0.1) is 0 Å². The number of benzene rings is 2. The second-order valence-corrected chi connectivity index (χ2v) is 12.8. The Morgan fingerprint density at radius 1 is 1.14 bits per heavy atom. The number of ether oxygens (including phenoxy) is 2.